The first kappa shape index (κ1) is 70.4. The quantitative estimate of drug-likeness (QED) is 0.0196. The number of unbranched alkanes of at least 4 members (excludes halogenated alkanes) is 3. The summed E-state index contributed by atoms with van der Waals surface area (Å²) in [5.41, 5.74) is 4.72. The lowest BCUT2D eigenvalue weighted by molar-refractivity contribution is -0.233. The van der Waals surface area contributed by atoms with Crippen LogP contribution in [0.5, 0.6) is 0 Å². The Morgan fingerprint density at radius 1 is 0.843 bits per heavy atom. The van der Waals surface area contributed by atoms with Crippen molar-refractivity contribution in [3.63, 3.8) is 0 Å². The van der Waals surface area contributed by atoms with Crippen LogP contribution in [-0.4, -0.2) is 145 Å². The van der Waals surface area contributed by atoms with Crippen molar-refractivity contribution in [3.8, 4) is 0 Å². The van der Waals surface area contributed by atoms with Crippen molar-refractivity contribution >= 4 is 71.0 Å². The van der Waals surface area contributed by atoms with Crippen LogP contribution >= 0.6 is 0 Å². The molecule has 2 spiro atoms. The van der Waals surface area contributed by atoms with Gasteiger partial charge in [-0.25, -0.2) is 19.2 Å². The third-order valence-electron chi connectivity index (χ3n) is 18.2. The van der Waals surface area contributed by atoms with E-state index in [1.54, 1.807) is 45.0 Å². The molecule has 0 aromatic heterocycles. The Morgan fingerprint density at radius 2 is 1.52 bits per heavy atom. The minimum Gasteiger partial charge on any atom is -0.463 e. The number of allylic oxidation sites excluding steroid dienone is 3. The normalized spacial score (nSPS) is 27.4. The summed E-state index contributed by atoms with van der Waals surface area (Å²) in [5.74, 6) is -5.01. The number of nitrogens with two attached hydrogens (primary N) is 1. The van der Waals surface area contributed by atoms with Crippen LogP contribution < -0.4 is 32.3 Å². The lowest BCUT2D eigenvalue weighted by Gasteiger charge is -2.58. The maximum Gasteiger partial charge on any atom is 0.331 e. The van der Waals surface area contributed by atoms with Crippen molar-refractivity contribution in [2.45, 2.75) is 194 Å². The highest BCUT2D eigenvalue weighted by atomic mass is 16.6. The lowest BCUT2D eigenvalue weighted by atomic mass is 9.51. The average Bonchev–Trinajstić information content (AvgIpc) is 1.50. The smallest absolute Gasteiger partial charge is 0.331 e. The van der Waals surface area contributed by atoms with E-state index < -0.39 is 93.9 Å². The van der Waals surface area contributed by atoms with E-state index in [4.69, 9.17) is 34.2 Å². The molecule has 2 aliphatic carbocycles. The minimum atomic E-state index is -0.960. The second-order valence-electron chi connectivity index (χ2n) is 25.2. The van der Waals surface area contributed by atoms with Gasteiger partial charge in [0.1, 0.15) is 42.5 Å². The Balaban J connectivity index is 0.000000284. The Morgan fingerprint density at radius 3 is 2.15 bits per heavy atom. The zero-order valence-corrected chi connectivity index (χ0v) is 53.0. The molecule has 7 N–H and O–H groups in total. The van der Waals surface area contributed by atoms with Gasteiger partial charge in [0, 0.05) is 73.7 Å². The van der Waals surface area contributed by atoms with E-state index in [0.717, 1.165) is 16.9 Å². The number of ether oxygens (including phenoxy) is 6. The molecule has 1 aromatic carbocycles. The molecule has 8 amide bonds. The number of carbonyl (C=O) groups excluding carboxylic acids is 11. The van der Waals surface area contributed by atoms with Crippen LogP contribution in [0.4, 0.5) is 10.5 Å². The second kappa shape index (κ2) is 31.1. The van der Waals surface area contributed by atoms with Crippen LogP contribution in [0.1, 0.15) is 158 Å². The highest BCUT2D eigenvalue weighted by molar-refractivity contribution is 6.12. The van der Waals surface area contributed by atoms with Crippen LogP contribution in [0.2, 0.25) is 0 Å². The van der Waals surface area contributed by atoms with Crippen LogP contribution in [0, 0.1) is 28.1 Å². The van der Waals surface area contributed by atoms with E-state index in [9.17, 15) is 52.7 Å². The van der Waals surface area contributed by atoms with Gasteiger partial charge in [-0.1, -0.05) is 90.8 Å². The Bertz CT molecular complexity index is 2900. The predicted octanol–water partition coefficient (Wildman–Crippen LogP) is 5.93. The molecule has 7 rings (SSSR count). The molecule has 6 unspecified atom stereocenters. The maximum atomic E-state index is 13.9. The van der Waals surface area contributed by atoms with Gasteiger partial charge in [0.05, 0.1) is 30.8 Å². The molecule has 4 heterocycles. The van der Waals surface area contributed by atoms with Gasteiger partial charge in [0.15, 0.2) is 0 Å². The molecule has 488 valence electrons. The number of urea groups is 1. The van der Waals surface area contributed by atoms with E-state index in [1.165, 1.54) is 49.0 Å². The van der Waals surface area contributed by atoms with Gasteiger partial charge in [-0.3, -0.25) is 38.5 Å². The fourth-order valence-electron chi connectivity index (χ4n) is 12.1. The van der Waals surface area contributed by atoms with Gasteiger partial charge in [0.2, 0.25) is 23.6 Å². The summed E-state index contributed by atoms with van der Waals surface area (Å²) in [5, 5.41) is 13.8. The van der Waals surface area contributed by atoms with Crippen molar-refractivity contribution in [3.05, 3.63) is 77.9 Å². The zero-order chi connectivity index (χ0) is 65.4. The van der Waals surface area contributed by atoms with Crippen molar-refractivity contribution in [2.75, 3.05) is 38.2 Å². The molecule has 89 heavy (non-hydrogen) atoms. The number of primary amides is 1. The van der Waals surface area contributed by atoms with Crippen molar-refractivity contribution in [1.82, 2.24) is 26.2 Å². The SMILES string of the molecule is CC(=O)OC(C)c1ccc(NC(=O)[C@H](CCCCNC(N)=O)NC(=O)C(NC(=O)CCCCCN2C(=O)C=CC2=O)C(C)C)cc1.CCC(C)(C)C(=O)NC1C(=O)OC[C@]23CCC(C)=C[C@H]2OC2CC(OC(=O)/C=C\C=C\C(=O)OCC[C@H]1C)C3(C)[C@]21CO1. The first-order valence-corrected chi connectivity index (χ1v) is 31.0. The molecule has 3 fully saturated rings. The number of carbonyl (C=O) groups is 11. The molecule has 6 aliphatic rings. The van der Waals surface area contributed by atoms with Crippen LogP contribution in [0.3, 0.4) is 0 Å². The van der Waals surface area contributed by atoms with E-state index >= 15 is 0 Å². The molecule has 4 aliphatic heterocycles. The largest absolute Gasteiger partial charge is 0.463 e. The van der Waals surface area contributed by atoms with Gasteiger partial charge >= 0.3 is 29.9 Å². The summed E-state index contributed by atoms with van der Waals surface area (Å²) in [6.45, 7) is 19.3. The fraction of sp³-hybridized carbons (Fsp3) is 0.615. The number of esters is 4. The Hall–Kier alpha value is -7.73. The molecule has 2 saturated heterocycles. The van der Waals surface area contributed by atoms with E-state index in [1.807, 2.05) is 27.7 Å². The molecule has 1 saturated carbocycles. The summed E-state index contributed by atoms with van der Waals surface area (Å²) in [6.07, 6.45) is 14.2. The molecular formula is C65H91N7O17. The number of nitrogens with one attached hydrogen (secondary N) is 5. The van der Waals surface area contributed by atoms with Gasteiger partial charge < -0.3 is 60.7 Å². The second-order valence-corrected chi connectivity index (χ2v) is 25.2. The minimum absolute atomic E-state index is 0.00643. The van der Waals surface area contributed by atoms with Crippen LogP contribution in [-0.2, 0) is 76.4 Å². The molecule has 24 heteroatoms. The Labute approximate surface area is 520 Å². The highest BCUT2D eigenvalue weighted by Gasteiger charge is 2.83. The number of imide groups is 1. The highest BCUT2D eigenvalue weighted by Crippen LogP contribution is 2.72. The maximum absolute atomic E-state index is 13.9. The Kier molecular flexibility index (Phi) is 24.6. The number of rotatable bonds is 22. The number of amides is 8. The van der Waals surface area contributed by atoms with Gasteiger partial charge in [-0.15, -0.1) is 0 Å². The van der Waals surface area contributed by atoms with Gasteiger partial charge in [0.25, 0.3) is 11.8 Å². The summed E-state index contributed by atoms with van der Waals surface area (Å²) < 4.78 is 35.6. The summed E-state index contributed by atoms with van der Waals surface area (Å²) >= 11 is 0. The number of benzene rings is 1. The lowest BCUT2D eigenvalue weighted by Crippen LogP contribution is -2.67. The third kappa shape index (κ3) is 17.8. The summed E-state index contributed by atoms with van der Waals surface area (Å²) in [7, 11) is 0. The topological polar surface area (TPSA) is 336 Å². The van der Waals surface area contributed by atoms with Crippen LogP contribution in [0.15, 0.2) is 72.4 Å². The monoisotopic (exact) mass is 1240 g/mol. The number of anilines is 1. The fourth-order valence-corrected chi connectivity index (χ4v) is 12.1. The van der Waals surface area contributed by atoms with Crippen LogP contribution in [0.25, 0.3) is 0 Å². The third-order valence-corrected chi connectivity index (χ3v) is 18.2. The van der Waals surface area contributed by atoms with E-state index in [2.05, 4.69) is 46.5 Å². The molecule has 24 nitrogen and oxygen atoms in total. The molecule has 0 radical (unpaired) electrons. The molecule has 1 aromatic rings. The van der Waals surface area contributed by atoms with Gasteiger partial charge in [-0.05, 0) is 101 Å². The number of nitrogens with zero attached hydrogens (tertiary/aromatic N) is 1. The van der Waals surface area contributed by atoms with Gasteiger partial charge in [-0.2, -0.15) is 0 Å². The standard InChI is InChI=1S/C33H45NO9.C32H46N6O8/c1-7-30(4,5)29(38)34-27-21(3)13-15-39-25(35)10-8-9-11-26(36)43-22-17-24-33(19-41-33)31(22,6)32(18-40-28(27)37)14-12-20(2)16-23(32)42-24;1-20(2)29(37-26(40)11-6-5-9-19-38-27(41)16-17-28(38)42)31(44)36-25(10-7-8-18-34-32(33)45)30(43)35-24-14-12-23(13-15-24)21(3)46-22(4)39/h8-11,16,21-24,27H,7,12-15,17-19H2,1-6H3,(H,34,38);12-17,20-21,25,29H,5-11,18-19H2,1-4H3,(H,35,43)(H,36,44)(H,37,40)(H3,33,34,45)/b10-8+,11-9-;/t21-,22?,23-,24?,27?,31?,32-,33+;21?,25-,29?/m10/s1. The molecule has 2 bridgehead atoms. The first-order chi connectivity index (χ1) is 42.1. The number of hydrogen-bond donors (Lipinski definition) is 6. The summed E-state index contributed by atoms with van der Waals surface area (Å²) in [4.78, 5) is 138. The number of cyclic esters (lactones) is 2. The van der Waals surface area contributed by atoms with Crippen molar-refractivity contribution in [2.24, 2.45) is 33.8 Å². The zero-order valence-electron chi connectivity index (χ0n) is 53.0. The van der Waals surface area contributed by atoms with E-state index in [-0.39, 0.29) is 80.3 Å². The average molecular weight is 1240 g/mol. The van der Waals surface area contributed by atoms with Crippen molar-refractivity contribution in [1.29, 1.82) is 0 Å². The summed E-state index contributed by atoms with van der Waals surface area (Å²) in [6, 6.07) is 3.32. The van der Waals surface area contributed by atoms with E-state index in [0.29, 0.717) is 76.6 Å². The number of epoxide rings is 1. The number of hydrogen-bond acceptors (Lipinski definition) is 17. The first-order valence-electron chi connectivity index (χ1n) is 31.0. The predicted molar refractivity (Wildman–Crippen MR) is 325 cm³/mol. The molecular weight excluding hydrogens is 1150 g/mol. The van der Waals surface area contributed by atoms with Crippen molar-refractivity contribution < 1.29 is 81.2 Å². The molecule has 11 atom stereocenters.